The molecule has 0 heterocycles. The molecule has 0 aliphatic heterocycles. The summed E-state index contributed by atoms with van der Waals surface area (Å²) in [6, 6.07) is 16.0. The van der Waals surface area contributed by atoms with E-state index >= 15 is 0 Å². The number of para-hydroxylation sites is 1. The molecule has 0 radical (unpaired) electrons. The van der Waals surface area contributed by atoms with Crippen LogP contribution in [0.5, 0.6) is 11.5 Å². The summed E-state index contributed by atoms with van der Waals surface area (Å²) in [6.45, 7) is 0.638. The third kappa shape index (κ3) is 3.65. The number of rotatable bonds is 6. The lowest BCUT2D eigenvalue weighted by Crippen LogP contribution is -1.97. The second kappa shape index (κ2) is 7.05. The first kappa shape index (κ1) is 13.8. The lowest BCUT2D eigenvalue weighted by molar-refractivity contribution is 0.318. The predicted molar refractivity (Wildman–Crippen MR) is 79.3 cm³/mol. The summed E-state index contributed by atoms with van der Waals surface area (Å²) < 4.78 is 11.0. The largest absolute Gasteiger partial charge is 0.496 e. The Morgan fingerprint density at radius 2 is 1.89 bits per heavy atom. The van der Waals surface area contributed by atoms with E-state index in [1.165, 1.54) is 0 Å². The Balaban J connectivity index is 2.22. The molecular weight excluding hydrogens is 260 g/mol. The molecular formula is C16H17ClO2. The van der Waals surface area contributed by atoms with E-state index in [9.17, 15) is 0 Å². The Bertz CT molecular complexity index is 526. The summed E-state index contributed by atoms with van der Waals surface area (Å²) >= 11 is 5.64. The van der Waals surface area contributed by atoms with E-state index < -0.39 is 0 Å². The van der Waals surface area contributed by atoms with Gasteiger partial charge in [0.25, 0.3) is 0 Å². The lowest BCUT2D eigenvalue weighted by Gasteiger charge is -2.10. The van der Waals surface area contributed by atoms with Crippen LogP contribution in [0.25, 0.3) is 11.1 Å². The van der Waals surface area contributed by atoms with Crippen LogP contribution in [0.4, 0.5) is 0 Å². The van der Waals surface area contributed by atoms with Crippen molar-refractivity contribution in [3.63, 3.8) is 0 Å². The zero-order valence-electron chi connectivity index (χ0n) is 10.9. The van der Waals surface area contributed by atoms with E-state index in [1.54, 1.807) is 7.11 Å². The number of hydrogen-bond acceptors (Lipinski definition) is 2. The van der Waals surface area contributed by atoms with E-state index in [4.69, 9.17) is 21.1 Å². The molecule has 0 saturated carbocycles. The summed E-state index contributed by atoms with van der Waals surface area (Å²) in [6.07, 6.45) is 0.848. The van der Waals surface area contributed by atoms with E-state index in [0.717, 1.165) is 29.0 Å². The average Bonchev–Trinajstić information content (AvgIpc) is 2.48. The Labute approximate surface area is 118 Å². The molecule has 0 fully saturated rings. The first-order chi connectivity index (χ1) is 9.35. The second-order valence-corrected chi connectivity index (χ2v) is 4.50. The minimum Gasteiger partial charge on any atom is -0.496 e. The van der Waals surface area contributed by atoms with Gasteiger partial charge in [-0.15, -0.1) is 11.6 Å². The molecule has 19 heavy (non-hydrogen) atoms. The van der Waals surface area contributed by atoms with Crippen LogP contribution in [0.15, 0.2) is 48.5 Å². The molecule has 0 aliphatic rings. The van der Waals surface area contributed by atoms with Crippen LogP contribution in [0, 0.1) is 0 Å². The van der Waals surface area contributed by atoms with Crippen molar-refractivity contribution in [3.8, 4) is 22.6 Å². The molecule has 2 aromatic rings. The maximum atomic E-state index is 5.66. The third-order valence-electron chi connectivity index (χ3n) is 2.80. The van der Waals surface area contributed by atoms with Crippen molar-refractivity contribution in [3.05, 3.63) is 48.5 Å². The Morgan fingerprint density at radius 3 is 2.68 bits per heavy atom. The maximum Gasteiger partial charge on any atom is 0.126 e. The molecule has 0 atom stereocenters. The van der Waals surface area contributed by atoms with Crippen molar-refractivity contribution < 1.29 is 9.47 Å². The van der Waals surface area contributed by atoms with Crippen LogP contribution in [0.3, 0.4) is 0 Å². The lowest BCUT2D eigenvalue weighted by atomic mass is 10.0. The Morgan fingerprint density at radius 1 is 1.05 bits per heavy atom. The van der Waals surface area contributed by atoms with E-state index in [0.29, 0.717) is 12.5 Å². The smallest absolute Gasteiger partial charge is 0.126 e. The fourth-order valence-electron chi connectivity index (χ4n) is 1.88. The molecule has 0 bridgehead atoms. The van der Waals surface area contributed by atoms with Crippen molar-refractivity contribution in [2.75, 3.05) is 19.6 Å². The van der Waals surface area contributed by atoms with Gasteiger partial charge in [0.2, 0.25) is 0 Å². The van der Waals surface area contributed by atoms with Gasteiger partial charge in [-0.05, 0) is 30.2 Å². The SMILES string of the molecule is COc1ccccc1-c1cccc(OCCCCl)c1. The number of benzene rings is 2. The second-order valence-electron chi connectivity index (χ2n) is 4.12. The van der Waals surface area contributed by atoms with Crippen LogP contribution in [0.1, 0.15) is 6.42 Å². The molecule has 0 aliphatic carbocycles. The van der Waals surface area contributed by atoms with Crippen LogP contribution in [-0.2, 0) is 0 Å². The van der Waals surface area contributed by atoms with E-state index in [-0.39, 0.29) is 0 Å². The zero-order valence-corrected chi connectivity index (χ0v) is 11.7. The fraction of sp³-hybridized carbons (Fsp3) is 0.250. The van der Waals surface area contributed by atoms with Gasteiger partial charge in [-0.1, -0.05) is 30.3 Å². The third-order valence-corrected chi connectivity index (χ3v) is 3.07. The van der Waals surface area contributed by atoms with Gasteiger partial charge in [-0.3, -0.25) is 0 Å². The highest BCUT2D eigenvalue weighted by atomic mass is 35.5. The predicted octanol–water partition coefficient (Wildman–Crippen LogP) is 4.37. The molecule has 0 aromatic heterocycles. The van der Waals surface area contributed by atoms with Gasteiger partial charge < -0.3 is 9.47 Å². The first-order valence-corrected chi connectivity index (χ1v) is 6.81. The van der Waals surface area contributed by atoms with Gasteiger partial charge in [0.05, 0.1) is 13.7 Å². The summed E-state index contributed by atoms with van der Waals surface area (Å²) in [7, 11) is 1.68. The average molecular weight is 277 g/mol. The summed E-state index contributed by atoms with van der Waals surface area (Å²) in [5.74, 6) is 2.33. The maximum absolute atomic E-state index is 5.66. The molecule has 100 valence electrons. The van der Waals surface area contributed by atoms with Crippen molar-refractivity contribution in [2.45, 2.75) is 6.42 Å². The number of hydrogen-bond donors (Lipinski definition) is 0. The summed E-state index contributed by atoms with van der Waals surface area (Å²) in [5, 5.41) is 0. The number of methoxy groups -OCH3 is 1. The molecule has 3 heteroatoms. The van der Waals surface area contributed by atoms with E-state index in [2.05, 4.69) is 0 Å². The van der Waals surface area contributed by atoms with Crippen LogP contribution < -0.4 is 9.47 Å². The molecule has 0 N–H and O–H groups in total. The Kier molecular flexibility index (Phi) is 5.10. The zero-order chi connectivity index (χ0) is 13.5. The van der Waals surface area contributed by atoms with Gasteiger partial charge in [0.15, 0.2) is 0 Å². The van der Waals surface area contributed by atoms with Gasteiger partial charge in [-0.2, -0.15) is 0 Å². The normalized spacial score (nSPS) is 10.2. The van der Waals surface area contributed by atoms with Crippen LogP contribution in [0.2, 0.25) is 0 Å². The fourth-order valence-corrected chi connectivity index (χ4v) is 1.99. The quantitative estimate of drug-likeness (QED) is 0.576. The molecule has 0 amide bonds. The molecule has 2 rings (SSSR count). The number of alkyl halides is 1. The molecule has 0 unspecified atom stereocenters. The highest BCUT2D eigenvalue weighted by molar-refractivity contribution is 6.17. The highest BCUT2D eigenvalue weighted by Crippen LogP contribution is 2.31. The van der Waals surface area contributed by atoms with Crippen molar-refractivity contribution in [1.82, 2.24) is 0 Å². The van der Waals surface area contributed by atoms with Gasteiger partial charge in [-0.25, -0.2) is 0 Å². The van der Waals surface area contributed by atoms with Gasteiger partial charge in [0.1, 0.15) is 11.5 Å². The standard InChI is InChI=1S/C16H17ClO2/c1-18-16-9-3-2-8-15(16)13-6-4-7-14(12-13)19-11-5-10-17/h2-4,6-9,12H,5,10-11H2,1H3. The topological polar surface area (TPSA) is 18.5 Å². The molecule has 0 spiro atoms. The van der Waals surface area contributed by atoms with Crippen molar-refractivity contribution >= 4 is 11.6 Å². The summed E-state index contributed by atoms with van der Waals surface area (Å²) in [4.78, 5) is 0. The van der Waals surface area contributed by atoms with Crippen molar-refractivity contribution in [2.24, 2.45) is 0 Å². The number of halogens is 1. The molecule has 2 aromatic carbocycles. The minimum atomic E-state index is 0.617. The van der Waals surface area contributed by atoms with Crippen LogP contribution >= 0.6 is 11.6 Å². The molecule has 0 saturated heterocycles. The minimum absolute atomic E-state index is 0.617. The van der Waals surface area contributed by atoms with Crippen molar-refractivity contribution in [1.29, 1.82) is 0 Å². The monoisotopic (exact) mass is 276 g/mol. The Hall–Kier alpha value is -1.67. The van der Waals surface area contributed by atoms with E-state index in [1.807, 2.05) is 48.5 Å². The van der Waals surface area contributed by atoms with Gasteiger partial charge >= 0.3 is 0 Å². The highest BCUT2D eigenvalue weighted by Gasteiger charge is 2.05. The molecule has 2 nitrogen and oxygen atoms in total. The summed E-state index contributed by atoms with van der Waals surface area (Å²) in [5.41, 5.74) is 2.15. The van der Waals surface area contributed by atoms with Gasteiger partial charge in [0, 0.05) is 11.4 Å². The number of ether oxygens (including phenoxy) is 2. The first-order valence-electron chi connectivity index (χ1n) is 6.27. The van der Waals surface area contributed by atoms with Crippen LogP contribution in [-0.4, -0.2) is 19.6 Å².